The summed E-state index contributed by atoms with van der Waals surface area (Å²) in [4.78, 5) is 28.9. The Morgan fingerprint density at radius 2 is 1.11 bits per heavy atom. The molecule has 2 aromatic carbocycles. The van der Waals surface area contributed by atoms with Gasteiger partial charge < -0.3 is 9.80 Å². The molecule has 0 N–H and O–H groups in total. The molecule has 142 valence electrons. The number of benzene rings is 2. The highest BCUT2D eigenvalue weighted by Gasteiger charge is 2.25. The van der Waals surface area contributed by atoms with E-state index in [9.17, 15) is 9.59 Å². The summed E-state index contributed by atoms with van der Waals surface area (Å²) in [6.45, 7) is 8.61. The molecule has 0 unspecified atom stereocenters. The van der Waals surface area contributed by atoms with Gasteiger partial charge in [0.1, 0.15) is 0 Å². The molecule has 0 spiro atoms. The molecule has 4 nitrogen and oxygen atoms in total. The van der Waals surface area contributed by atoms with Gasteiger partial charge in [-0.2, -0.15) is 0 Å². The Bertz CT molecular complexity index is 815. The first-order valence-corrected chi connectivity index (χ1v) is 9.58. The van der Waals surface area contributed by atoms with Crippen molar-refractivity contribution < 1.29 is 9.59 Å². The number of hydrogen-bond donors (Lipinski definition) is 0. The maximum Gasteiger partial charge on any atom is 0.253 e. The fourth-order valence-electron chi connectivity index (χ4n) is 3.18. The van der Waals surface area contributed by atoms with Crippen molar-refractivity contribution in [3.63, 3.8) is 0 Å². The Morgan fingerprint density at radius 3 is 1.48 bits per heavy atom. The fourth-order valence-corrected chi connectivity index (χ4v) is 3.31. The Kier molecular flexibility index (Phi) is 5.56. The number of nitrogens with zero attached hydrogens (tertiary/aromatic N) is 2. The van der Waals surface area contributed by atoms with E-state index in [0.29, 0.717) is 42.3 Å². The van der Waals surface area contributed by atoms with Gasteiger partial charge in [0.15, 0.2) is 0 Å². The number of carbonyl (C=O) groups is 2. The molecule has 1 heterocycles. The van der Waals surface area contributed by atoms with Crippen LogP contribution in [0.5, 0.6) is 0 Å². The van der Waals surface area contributed by atoms with Crippen LogP contribution in [0, 0.1) is 0 Å². The normalized spacial score (nSPS) is 15.0. The second-order valence-corrected chi connectivity index (χ2v) is 8.36. The van der Waals surface area contributed by atoms with Crippen molar-refractivity contribution in [3.05, 3.63) is 70.2 Å². The maximum absolute atomic E-state index is 12.8. The van der Waals surface area contributed by atoms with Gasteiger partial charge in [-0.05, 0) is 47.4 Å². The summed E-state index contributed by atoms with van der Waals surface area (Å²) >= 11 is 5.88. The molecule has 0 atom stereocenters. The lowest BCUT2D eigenvalue weighted by Gasteiger charge is -2.35. The van der Waals surface area contributed by atoms with Crippen molar-refractivity contribution >= 4 is 23.4 Å². The molecule has 0 aliphatic carbocycles. The van der Waals surface area contributed by atoms with Crippen molar-refractivity contribution in [1.82, 2.24) is 9.80 Å². The topological polar surface area (TPSA) is 40.6 Å². The molecule has 5 heteroatoms. The molecule has 0 saturated carbocycles. The van der Waals surface area contributed by atoms with Crippen LogP contribution in [0.25, 0.3) is 0 Å². The highest BCUT2D eigenvalue weighted by Crippen LogP contribution is 2.23. The van der Waals surface area contributed by atoms with Crippen molar-refractivity contribution in [2.75, 3.05) is 26.2 Å². The maximum atomic E-state index is 12.8. The van der Waals surface area contributed by atoms with Crippen LogP contribution in [-0.4, -0.2) is 47.8 Å². The number of rotatable bonds is 2. The Labute approximate surface area is 165 Å². The molecule has 3 rings (SSSR count). The van der Waals surface area contributed by atoms with E-state index in [1.807, 2.05) is 29.2 Å². The number of piperazine rings is 1. The van der Waals surface area contributed by atoms with E-state index in [-0.39, 0.29) is 17.2 Å². The van der Waals surface area contributed by atoms with Crippen LogP contribution in [0.15, 0.2) is 48.5 Å². The lowest BCUT2D eigenvalue weighted by atomic mass is 9.86. The van der Waals surface area contributed by atoms with E-state index in [1.54, 1.807) is 29.2 Å². The van der Waals surface area contributed by atoms with Crippen molar-refractivity contribution in [1.29, 1.82) is 0 Å². The van der Waals surface area contributed by atoms with Gasteiger partial charge in [-0.15, -0.1) is 0 Å². The quantitative estimate of drug-likeness (QED) is 0.777. The number of hydrogen-bond acceptors (Lipinski definition) is 2. The molecule has 1 fully saturated rings. The van der Waals surface area contributed by atoms with E-state index >= 15 is 0 Å². The van der Waals surface area contributed by atoms with Gasteiger partial charge in [0.05, 0.1) is 0 Å². The lowest BCUT2D eigenvalue weighted by molar-refractivity contribution is 0.0535. The molecule has 27 heavy (non-hydrogen) atoms. The highest BCUT2D eigenvalue weighted by atomic mass is 35.5. The predicted octanol–water partition coefficient (Wildman–Crippen LogP) is 4.24. The molecule has 1 aliphatic rings. The molecule has 2 aromatic rings. The number of halogens is 1. The van der Waals surface area contributed by atoms with E-state index < -0.39 is 0 Å². The minimum atomic E-state index is -0.0201. The van der Waals surface area contributed by atoms with Gasteiger partial charge in [-0.3, -0.25) is 9.59 Å². The highest BCUT2D eigenvalue weighted by molar-refractivity contribution is 6.30. The molecular weight excluding hydrogens is 360 g/mol. The summed E-state index contributed by atoms with van der Waals surface area (Å²) < 4.78 is 0. The van der Waals surface area contributed by atoms with Crippen LogP contribution in [0.4, 0.5) is 0 Å². The Morgan fingerprint density at radius 1 is 0.741 bits per heavy atom. The molecule has 0 aromatic heterocycles. The Balaban J connectivity index is 1.60. The lowest BCUT2D eigenvalue weighted by Crippen LogP contribution is -2.50. The zero-order valence-electron chi connectivity index (χ0n) is 16.0. The molecular formula is C22H25ClN2O2. The summed E-state index contributed by atoms with van der Waals surface area (Å²) in [6, 6.07) is 14.7. The van der Waals surface area contributed by atoms with Gasteiger partial charge >= 0.3 is 0 Å². The first-order valence-electron chi connectivity index (χ1n) is 9.20. The molecule has 1 aliphatic heterocycles. The van der Waals surface area contributed by atoms with Crippen LogP contribution in [0.2, 0.25) is 5.02 Å². The molecule has 0 radical (unpaired) electrons. The van der Waals surface area contributed by atoms with Gasteiger partial charge in [0.2, 0.25) is 0 Å². The van der Waals surface area contributed by atoms with Crippen molar-refractivity contribution in [2.45, 2.75) is 26.2 Å². The average Bonchev–Trinajstić information content (AvgIpc) is 2.67. The molecule has 1 saturated heterocycles. The second-order valence-electron chi connectivity index (χ2n) is 7.92. The zero-order valence-corrected chi connectivity index (χ0v) is 16.8. The zero-order chi connectivity index (χ0) is 19.6. The smallest absolute Gasteiger partial charge is 0.253 e. The third-order valence-electron chi connectivity index (χ3n) is 4.94. The number of carbonyl (C=O) groups excluding carboxylic acids is 2. The van der Waals surface area contributed by atoms with E-state index in [1.165, 1.54) is 5.56 Å². The van der Waals surface area contributed by atoms with Crippen LogP contribution < -0.4 is 0 Å². The third-order valence-corrected chi connectivity index (χ3v) is 5.20. The largest absolute Gasteiger partial charge is 0.335 e. The average molecular weight is 385 g/mol. The Hall–Kier alpha value is -2.33. The standard InChI is InChI=1S/C22H25ClN2O2/c1-22(2,3)18-8-4-16(5-9-18)20(26)24-12-14-25(15-13-24)21(27)17-6-10-19(23)11-7-17/h4-11H,12-15H2,1-3H3. The van der Waals surface area contributed by atoms with Crippen molar-refractivity contribution in [3.8, 4) is 0 Å². The van der Waals surface area contributed by atoms with Crippen LogP contribution in [0.1, 0.15) is 47.1 Å². The summed E-state index contributed by atoms with van der Waals surface area (Å²) in [5.41, 5.74) is 2.59. The summed E-state index contributed by atoms with van der Waals surface area (Å²) in [5.74, 6) is 0.00217. The summed E-state index contributed by atoms with van der Waals surface area (Å²) in [5, 5.41) is 0.611. The van der Waals surface area contributed by atoms with E-state index in [0.717, 1.165) is 0 Å². The summed E-state index contributed by atoms with van der Waals surface area (Å²) in [7, 11) is 0. The summed E-state index contributed by atoms with van der Waals surface area (Å²) in [6.07, 6.45) is 0. The molecule has 0 bridgehead atoms. The van der Waals surface area contributed by atoms with Gasteiger partial charge in [0.25, 0.3) is 11.8 Å². The predicted molar refractivity (Wildman–Crippen MR) is 108 cm³/mol. The second kappa shape index (κ2) is 7.73. The SMILES string of the molecule is CC(C)(C)c1ccc(C(=O)N2CCN(C(=O)c3ccc(Cl)cc3)CC2)cc1. The van der Waals surface area contributed by atoms with Gasteiger partial charge in [-0.25, -0.2) is 0 Å². The third kappa shape index (κ3) is 4.51. The molecule has 2 amide bonds. The van der Waals surface area contributed by atoms with Crippen LogP contribution in [-0.2, 0) is 5.41 Å². The van der Waals surface area contributed by atoms with E-state index in [4.69, 9.17) is 11.6 Å². The minimum absolute atomic E-state index is 0.0201. The van der Waals surface area contributed by atoms with Crippen LogP contribution >= 0.6 is 11.6 Å². The van der Waals surface area contributed by atoms with E-state index in [2.05, 4.69) is 20.8 Å². The first-order chi connectivity index (χ1) is 12.8. The van der Waals surface area contributed by atoms with Gasteiger partial charge in [-0.1, -0.05) is 44.5 Å². The first kappa shape index (κ1) is 19.4. The van der Waals surface area contributed by atoms with Gasteiger partial charge in [0, 0.05) is 42.3 Å². The number of amides is 2. The minimum Gasteiger partial charge on any atom is -0.335 e. The van der Waals surface area contributed by atoms with Crippen molar-refractivity contribution in [2.24, 2.45) is 0 Å². The monoisotopic (exact) mass is 384 g/mol. The van der Waals surface area contributed by atoms with Crippen LogP contribution in [0.3, 0.4) is 0 Å². The fraction of sp³-hybridized carbons (Fsp3) is 0.364.